The Morgan fingerprint density at radius 3 is 2.45 bits per heavy atom. The number of anilines is 2. The number of hydrogen-bond acceptors (Lipinski definition) is 4. The molecule has 0 N–H and O–H groups in total. The summed E-state index contributed by atoms with van der Waals surface area (Å²) < 4.78 is 0.890. The number of aryl methyl sites for hydroxylation is 1. The Kier molecular flexibility index (Phi) is 5.08. The van der Waals surface area contributed by atoms with E-state index in [2.05, 4.69) is 15.9 Å². The van der Waals surface area contributed by atoms with Crippen molar-refractivity contribution in [1.29, 1.82) is 0 Å². The molecular weight excluding hydrogens is 480 g/mol. The highest BCUT2D eigenvalue weighted by atomic mass is 79.9. The maximum Gasteiger partial charge on any atom is 0.266 e. The number of hydroxylamine groups is 1. The Morgan fingerprint density at radius 2 is 1.71 bits per heavy atom. The molecule has 0 aromatic heterocycles. The van der Waals surface area contributed by atoms with Crippen molar-refractivity contribution < 1.29 is 14.4 Å². The topological polar surface area (TPSA) is 49.9 Å². The van der Waals surface area contributed by atoms with Crippen molar-refractivity contribution in [3.63, 3.8) is 0 Å². The third-order valence-corrected chi connectivity index (χ3v) is 6.46. The molecule has 0 bridgehead atoms. The summed E-state index contributed by atoms with van der Waals surface area (Å²) in [5, 5.41) is 2.16. The maximum absolute atomic E-state index is 13.7. The number of imide groups is 1. The molecule has 0 radical (unpaired) electrons. The minimum Gasteiger partial charge on any atom is -0.273 e. The first-order valence-corrected chi connectivity index (χ1v) is 11.0. The molecule has 2 saturated heterocycles. The van der Waals surface area contributed by atoms with Gasteiger partial charge in [-0.15, -0.1) is 0 Å². The van der Waals surface area contributed by atoms with Crippen molar-refractivity contribution in [2.45, 2.75) is 19.1 Å². The summed E-state index contributed by atoms with van der Waals surface area (Å²) in [7, 11) is 0. The van der Waals surface area contributed by atoms with E-state index in [-0.39, 0.29) is 11.8 Å². The van der Waals surface area contributed by atoms with E-state index in [0.29, 0.717) is 10.7 Å². The lowest BCUT2D eigenvalue weighted by Gasteiger charge is -2.29. The second kappa shape index (κ2) is 7.79. The highest BCUT2D eigenvalue weighted by molar-refractivity contribution is 9.10. The van der Waals surface area contributed by atoms with Gasteiger partial charge in [-0.3, -0.25) is 14.4 Å². The third kappa shape index (κ3) is 3.35. The largest absolute Gasteiger partial charge is 0.273 e. The standard InChI is InChI=1S/C24H18BrClN2O3/c1-14-10-11-17(26)13-19(14)27-23(29)20-21(15-6-5-7-16(25)12-15)28(31-22(20)24(27)30)18-8-3-2-4-9-18/h2-13,20-22H,1H3/t20-,21+,22-/m0/s1. The zero-order chi connectivity index (χ0) is 21.7. The lowest BCUT2D eigenvalue weighted by molar-refractivity contribution is -0.126. The van der Waals surface area contributed by atoms with Gasteiger partial charge in [0.05, 0.1) is 17.4 Å². The molecule has 0 saturated carbocycles. The monoisotopic (exact) mass is 496 g/mol. The van der Waals surface area contributed by atoms with E-state index < -0.39 is 18.1 Å². The predicted octanol–water partition coefficient (Wildman–Crippen LogP) is 5.46. The average Bonchev–Trinajstić information content (AvgIpc) is 3.27. The van der Waals surface area contributed by atoms with Gasteiger partial charge in [-0.05, 0) is 54.4 Å². The van der Waals surface area contributed by atoms with Crippen LogP contribution < -0.4 is 9.96 Å². The Morgan fingerprint density at radius 1 is 0.935 bits per heavy atom. The molecule has 5 nitrogen and oxygen atoms in total. The number of rotatable bonds is 3. The summed E-state index contributed by atoms with van der Waals surface area (Å²) in [5.41, 5.74) is 2.97. The van der Waals surface area contributed by atoms with Gasteiger partial charge < -0.3 is 0 Å². The number of nitrogens with zero attached hydrogens (tertiary/aromatic N) is 2. The first-order valence-electron chi connectivity index (χ1n) is 9.86. The third-order valence-electron chi connectivity index (χ3n) is 5.73. The van der Waals surface area contributed by atoms with Crippen molar-refractivity contribution in [2.24, 2.45) is 5.92 Å². The second-order valence-electron chi connectivity index (χ2n) is 7.66. The van der Waals surface area contributed by atoms with Gasteiger partial charge in [0.2, 0.25) is 5.91 Å². The molecule has 0 unspecified atom stereocenters. The Bertz CT molecular complexity index is 1190. The number of halogens is 2. The molecule has 2 aliphatic heterocycles. The van der Waals surface area contributed by atoms with E-state index in [1.54, 1.807) is 23.3 Å². The molecule has 3 aromatic carbocycles. The Balaban J connectivity index is 1.61. The van der Waals surface area contributed by atoms with Crippen molar-refractivity contribution in [3.05, 3.63) is 93.4 Å². The molecule has 2 amide bonds. The van der Waals surface area contributed by atoms with Crippen LogP contribution >= 0.6 is 27.5 Å². The van der Waals surface area contributed by atoms with E-state index in [0.717, 1.165) is 21.3 Å². The first kappa shape index (κ1) is 20.2. The van der Waals surface area contributed by atoms with E-state index in [1.807, 2.05) is 61.5 Å². The van der Waals surface area contributed by atoms with Crippen molar-refractivity contribution >= 4 is 50.7 Å². The van der Waals surface area contributed by atoms with E-state index in [9.17, 15) is 9.59 Å². The molecule has 5 rings (SSSR count). The number of para-hydroxylation sites is 1. The normalized spacial score (nSPS) is 22.9. The van der Waals surface area contributed by atoms with Gasteiger partial charge >= 0.3 is 0 Å². The minimum atomic E-state index is -0.907. The molecule has 156 valence electrons. The fourth-order valence-electron chi connectivity index (χ4n) is 4.30. The summed E-state index contributed by atoms with van der Waals surface area (Å²) >= 11 is 9.68. The lowest BCUT2D eigenvalue weighted by Crippen LogP contribution is -2.37. The number of benzene rings is 3. The molecule has 3 aromatic rings. The SMILES string of the molecule is Cc1ccc(Cl)cc1N1C(=O)[C@@H]2[C@H](ON(c3ccccc3)[C@@H]2c2cccc(Br)c2)C1=O. The van der Waals surface area contributed by atoms with Crippen LogP contribution in [0.15, 0.2) is 77.3 Å². The second-order valence-corrected chi connectivity index (χ2v) is 9.01. The van der Waals surface area contributed by atoms with Crippen LogP contribution in [0.2, 0.25) is 5.02 Å². The smallest absolute Gasteiger partial charge is 0.266 e. The van der Waals surface area contributed by atoms with Crippen LogP contribution in [-0.4, -0.2) is 17.9 Å². The number of fused-ring (bicyclic) bond motifs is 1. The summed E-state index contributed by atoms with van der Waals surface area (Å²) in [6, 6.07) is 22.0. The fraction of sp³-hybridized carbons (Fsp3) is 0.167. The molecule has 0 spiro atoms. The molecule has 31 heavy (non-hydrogen) atoms. The van der Waals surface area contributed by atoms with Gasteiger partial charge in [0.15, 0.2) is 6.10 Å². The van der Waals surface area contributed by atoms with Crippen molar-refractivity contribution in [1.82, 2.24) is 0 Å². The van der Waals surface area contributed by atoms with Gasteiger partial charge in [0, 0.05) is 9.50 Å². The Hall–Kier alpha value is -2.67. The maximum atomic E-state index is 13.7. The zero-order valence-corrected chi connectivity index (χ0v) is 18.9. The van der Waals surface area contributed by atoms with E-state index >= 15 is 0 Å². The van der Waals surface area contributed by atoms with Gasteiger partial charge in [-0.1, -0.05) is 63.9 Å². The highest BCUT2D eigenvalue weighted by Crippen LogP contribution is 2.48. The minimum absolute atomic E-state index is 0.288. The molecule has 7 heteroatoms. The lowest BCUT2D eigenvalue weighted by atomic mass is 9.90. The molecule has 0 aliphatic carbocycles. The highest BCUT2D eigenvalue weighted by Gasteiger charge is 2.60. The number of carbonyl (C=O) groups is 2. The Labute approximate surface area is 193 Å². The van der Waals surface area contributed by atoms with Crippen LogP contribution in [0.1, 0.15) is 17.2 Å². The van der Waals surface area contributed by atoms with E-state index in [1.165, 1.54) is 4.90 Å². The summed E-state index contributed by atoms with van der Waals surface area (Å²) in [6.07, 6.45) is -0.907. The predicted molar refractivity (Wildman–Crippen MR) is 123 cm³/mol. The van der Waals surface area contributed by atoms with Gasteiger partial charge in [0.25, 0.3) is 5.91 Å². The summed E-state index contributed by atoms with van der Waals surface area (Å²) in [4.78, 5) is 34.4. The van der Waals surface area contributed by atoms with Crippen LogP contribution in [-0.2, 0) is 14.4 Å². The number of hydrogen-bond donors (Lipinski definition) is 0. The molecule has 2 aliphatic rings. The van der Waals surface area contributed by atoms with Gasteiger partial charge in [-0.25, -0.2) is 9.96 Å². The number of amides is 2. The van der Waals surface area contributed by atoms with Crippen LogP contribution in [0.25, 0.3) is 0 Å². The number of carbonyl (C=O) groups excluding carboxylic acids is 2. The van der Waals surface area contributed by atoms with Crippen LogP contribution in [0, 0.1) is 12.8 Å². The van der Waals surface area contributed by atoms with Gasteiger partial charge in [-0.2, -0.15) is 0 Å². The molecule has 2 heterocycles. The van der Waals surface area contributed by atoms with Crippen molar-refractivity contribution in [2.75, 3.05) is 9.96 Å². The average molecular weight is 498 g/mol. The van der Waals surface area contributed by atoms with Crippen molar-refractivity contribution in [3.8, 4) is 0 Å². The quantitative estimate of drug-likeness (QED) is 0.451. The van der Waals surface area contributed by atoms with Crippen LogP contribution in [0.4, 0.5) is 11.4 Å². The summed E-state index contributed by atoms with van der Waals surface area (Å²) in [5.74, 6) is -1.34. The van der Waals surface area contributed by atoms with Crippen LogP contribution in [0.5, 0.6) is 0 Å². The first-order chi connectivity index (χ1) is 15.0. The molecule has 2 fully saturated rings. The fourth-order valence-corrected chi connectivity index (χ4v) is 4.89. The zero-order valence-electron chi connectivity index (χ0n) is 16.5. The van der Waals surface area contributed by atoms with Gasteiger partial charge in [0.1, 0.15) is 5.92 Å². The molecule has 3 atom stereocenters. The molecular formula is C24H18BrClN2O3. The van der Waals surface area contributed by atoms with E-state index in [4.69, 9.17) is 16.4 Å². The summed E-state index contributed by atoms with van der Waals surface area (Å²) in [6.45, 7) is 1.85. The van der Waals surface area contributed by atoms with Crippen LogP contribution in [0.3, 0.4) is 0 Å².